The van der Waals surface area contributed by atoms with Crippen molar-refractivity contribution in [2.45, 2.75) is 39.5 Å². The highest BCUT2D eigenvalue weighted by molar-refractivity contribution is 4.70. The number of hydrogen-bond acceptors (Lipinski definition) is 0. The van der Waals surface area contributed by atoms with Crippen LogP contribution in [-0.2, 0) is 0 Å². The fourth-order valence-corrected chi connectivity index (χ4v) is 0.884. The van der Waals surface area contributed by atoms with Gasteiger partial charge in [0.25, 0.3) is 0 Å². The molecule has 0 aromatic heterocycles. The highest BCUT2D eigenvalue weighted by Gasteiger charge is 1.92. The fourth-order valence-electron chi connectivity index (χ4n) is 0.884. The van der Waals surface area contributed by atoms with E-state index >= 15 is 0 Å². The van der Waals surface area contributed by atoms with Gasteiger partial charge in [0.2, 0.25) is 0 Å². The van der Waals surface area contributed by atoms with Gasteiger partial charge in [0.15, 0.2) is 0 Å². The first-order valence-corrected chi connectivity index (χ1v) is 4.21. The second kappa shape index (κ2) is 6.85. The lowest BCUT2D eigenvalue weighted by Crippen LogP contribution is -1.87. The van der Waals surface area contributed by atoms with Crippen LogP contribution in [0.25, 0.3) is 0 Å². The summed E-state index contributed by atoms with van der Waals surface area (Å²) in [4.78, 5) is 0. The maximum Gasteiger partial charge on any atom is -0.0353 e. The summed E-state index contributed by atoms with van der Waals surface area (Å²) >= 11 is 0. The molecule has 0 heterocycles. The maximum absolute atomic E-state index is 3.68. The summed E-state index contributed by atoms with van der Waals surface area (Å²) in [5.74, 6) is 0.753. The SMILES string of the molecule is C=CCCCC[CH]C(C)C. The first kappa shape index (κ1) is 9.74. The van der Waals surface area contributed by atoms with E-state index in [1.165, 1.54) is 25.7 Å². The summed E-state index contributed by atoms with van der Waals surface area (Å²) in [6.45, 7) is 8.14. The number of unbranched alkanes of at least 4 members (excludes halogenated alkanes) is 3. The highest BCUT2D eigenvalue weighted by Crippen LogP contribution is 2.07. The molecule has 0 spiro atoms. The Hall–Kier alpha value is -0.260. The van der Waals surface area contributed by atoms with Crippen LogP contribution in [0, 0.1) is 12.3 Å². The number of allylic oxidation sites excluding steroid dienone is 1. The van der Waals surface area contributed by atoms with Crippen molar-refractivity contribution in [3.8, 4) is 0 Å². The van der Waals surface area contributed by atoms with Gasteiger partial charge < -0.3 is 0 Å². The van der Waals surface area contributed by atoms with Gasteiger partial charge >= 0.3 is 0 Å². The first-order valence-electron chi connectivity index (χ1n) is 4.21. The van der Waals surface area contributed by atoms with Crippen LogP contribution < -0.4 is 0 Å². The van der Waals surface area contributed by atoms with E-state index in [1.54, 1.807) is 0 Å². The monoisotopic (exact) mass is 139 g/mol. The molecule has 0 bridgehead atoms. The van der Waals surface area contributed by atoms with E-state index in [2.05, 4.69) is 26.8 Å². The maximum atomic E-state index is 3.68. The molecule has 0 unspecified atom stereocenters. The van der Waals surface area contributed by atoms with Crippen LogP contribution in [0.15, 0.2) is 12.7 Å². The van der Waals surface area contributed by atoms with Gasteiger partial charge in [-0.15, -0.1) is 6.58 Å². The van der Waals surface area contributed by atoms with Gasteiger partial charge in [-0.1, -0.05) is 26.3 Å². The fraction of sp³-hybridized carbons (Fsp3) is 0.700. The minimum Gasteiger partial charge on any atom is -0.103 e. The van der Waals surface area contributed by atoms with E-state index in [-0.39, 0.29) is 0 Å². The zero-order valence-corrected chi connectivity index (χ0v) is 7.27. The van der Waals surface area contributed by atoms with Crippen molar-refractivity contribution in [2.24, 2.45) is 5.92 Å². The second-order valence-electron chi connectivity index (χ2n) is 3.05. The topological polar surface area (TPSA) is 0 Å². The van der Waals surface area contributed by atoms with E-state index in [4.69, 9.17) is 0 Å². The van der Waals surface area contributed by atoms with E-state index in [9.17, 15) is 0 Å². The van der Waals surface area contributed by atoms with Crippen LogP contribution in [0.3, 0.4) is 0 Å². The van der Waals surface area contributed by atoms with Crippen molar-refractivity contribution < 1.29 is 0 Å². The molecular formula is C10H19. The summed E-state index contributed by atoms with van der Waals surface area (Å²) in [5.41, 5.74) is 0. The molecule has 0 aromatic rings. The quantitative estimate of drug-likeness (QED) is 0.389. The number of rotatable bonds is 6. The summed E-state index contributed by atoms with van der Waals surface area (Å²) < 4.78 is 0. The molecule has 0 amide bonds. The molecule has 0 saturated carbocycles. The van der Waals surface area contributed by atoms with E-state index < -0.39 is 0 Å². The molecule has 59 valence electrons. The lowest BCUT2D eigenvalue weighted by molar-refractivity contribution is 0.652. The highest BCUT2D eigenvalue weighted by atomic mass is 14.0. The van der Waals surface area contributed by atoms with Crippen LogP contribution in [0.5, 0.6) is 0 Å². The molecule has 0 atom stereocenters. The van der Waals surface area contributed by atoms with Crippen molar-refractivity contribution in [1.29, 1.82) is 0 Å². The Kier molecular flexibility index (Phi) is 6.68. The molecule has 0 saturated heterocycles. The average molecular weight is 139 g/mol. The molecule has 1 radical (unpaired) electrons. The van der Waals surface area contributed by atoms with Crippen LogP contribution in [0.2, 0.25) is 0 Å². The van der Waals surface area contributed by atoms with E-state index in [0.717, 1.165) is 5.92 Å². The third-order valence-corrected chi connectivity index (χ3v) is 1.50. The molecule has 0 fully saturated rings. The van der Waals surface area contributed by atoms with Gasteiger partial charge in [-0.2, -0.15) is 0 Å². The standard InChI is InChI=1S/C10H19/c1-4-5-6-7-8-9-10(2)3/h4,9-10H,1,5-8H2,2-3H3. The van der Waals surface area contributed by atoms with Crippen molar-refractivity contribution in [3.05, 3.63) is 19.1 Å². The summed E-state index contributed by atoms with van der Waals surface area (Å²) in [5, 5.41) is 0. The Morgan fingerprint density at radius 3 is 2.30 bits per heavy atom. The van der Waals surface area contributed by atoms with Gasteiger partial charge in [-0.3, -0.25) is 0 Å². The molecule has 0 aliphatic rings. The Morgan fingerprint density at radius 1 is 1.20 bits per heavy atom. The molecule has 0 aliphatic carbocycles. The third-order valence-electron chi connectivity index (χ3n) is 1.50. The predicted molar refractivity (Wildman–Crippen MR) is 47.8 cm³/mol. The number of hydrogen-bond donors (Lipinski definition) is 0. The second-order valence-corrected chi connectivity index (χ2v) is 3.05. The van der Waals surface area contributed by atoms with Crippen LogP contribution in [-0.4, -0.2) is 0 Å². The molecular weight excluding hydrogens is 120 g/mol. The lowest BCUT2D eigenvalue weighted by Gasteiger charge is -2.01. The molecule has 0 heteroatoms. The Bertz CT molecular complexity index is 72.1. The normalized spacial score (nSPS) is 10.3. The van der Waals surface area contributed by atoms with E-state index in [0.29, 0.717) is 0 Å². The van der Waals surface area contributed by atoms with Gasteiger partial charge in [0, 0.05) is 0 Å². The van der Waals surface area contributed by atoms with Crippen molar-refractivity contribution in [2.75, 3.05) is 0 Å². The van der Waals surface area contributed by atoms with Crippen molar-refractivity contribution in [3.63, 3.8) is 0 Å². The minimum absolute atomic E-state index is 0.753. The molecule has 0 aromatic carbocycles. The average Bonchev–Trinajstić information content (AvgIpc) is 1.87. The Labute approximate surface area is 65.3 Å². The summed E-state index contributed by atoms with van der Waals surface area (Å²) in [6.07, 6.45) is 9.44. The van der Waals surface area contributed by atoms with Gasteiger partial charge in [0.1, 0.15) is 0 Å². The Balaban J connectivity index is 2.83. The minimum atomic E-state index is 0.753. The smallest absolute Gasteiger partial charge is 0.0353 e. The third kappa shape index (κ3) is 7.74. The van der Waals surface area contributed by atoms with Crippen molar-refractivity contribution in [1.82, 2.24) is 0 Å². The molecule has 0 aliphatic heterocycles. The van der Waals surface area contributed by atoms with Crippen LogP contribution in [0.1, 0.15) is 39.5 Å². The molecule has 10 heavy (non-hydrogen) atoms. The molecule has 0 nitrogen and oxygen atoms in total. The predicted octanol–water partition coefficient (Wildman–Crippen LogP) is 3.59. The van der Waals surface area contributed by atoms with Gasteiger partial charge in [-0.05, 0) is 31.6 Å². The van der Waals surface area contributed by atoms with Crippen LogP contribution >= 0.6 is 0 Å². The van der Waals surface area contributed by atoms with Crippen LogP contribution in [0.4, 0.5) is 0 Å². The largest absolute Gasteiger partial charge is 0.103 e. The zero-order chi connectivity index (χ0) is 7.82. The van der Waals surface area contributed by atoms with Gasteiger partial charge in [0.05, 0.1) is 0 Å². The molecule has 0 N–H and O–H groups in total. The van der Waals surface area contributed by atoms with Gasteiger partial charge in [-0.25, -0.2) is 0 Å². The molecule has 0 rings (SSSR count). The zero-order valence-electron chi connectivity index (χ0n) is 7.27. The first-order chi connectivity index (χ1) is 4.77. The Morgan fingerprint density at radius 2 is 1.80 bits per heavy atom. The lowest BCUT2D eigenvalue weighted by atomic mass is 10.0. The van der Waals surface area contributed by atoms with E-state index in [1.807, 2.05) is 6.08 Å². The van der Waals surface area contributed by atoms with Crippen molar-refractivity contribution >= 4 is 0 Å². The summed E-state index contributed by atoms with van der Waals surface area (Å²) in [7, 11) is 0. The summed E-state index contributed by atoms with van der Waals surface area (Å²) in [6, 6.07) is 0.